The van der Waals surface area contributed by atoms with E-state index in [2.05, 4.69) is 10.0 Å². The lowest BCUT2D eigenvalue weighted by atomic mass is 10.2. The van der Waals surface area contributed by atoms with Crippen LogP contribution in [0.2, 0.25) is 0 Å². The van der Waals surface area contributed by atoms with Gasteiger partial charge in [0.25, 0.3) is 0 Å². The Balaban J connectivity index is 1.80. The van der Waals surface area contributed by atoms with Crippen molar-refractivity contribution in [3.8, 4) is 0 Å². The summed E-state index contributed by atoms with van der Waals surface area (Å²) in [5.74, 6) is -0.747. The summed E-state index contributed by atoms with van der Waals surface area (Å²) in [6.07, 6.45) is -0.0282. The molecule has 24 heavy (non-hydrogen) atoms. The molecule has 1 amide bonds. The normalized spacial score (nSPS) is 11.2. The molecule has 2 N–H and O–H groups in total. The SMILES string of the molecule is Cc1ccc(S(=O)(=O)NCCC(=O)NCc2ccccc2F)cc1. The summed E-state index contributed by atoms with van der Waals surface area (Å²) in [4.78, 5) is 11.9. The fraction of sp³-hybridized carbons (Fsp3) is 0.235. The van der Waals surface area contributed by atoms with Crippen LogP contribution in [-0.4, -0.2) is 20.9 Å². The van der Waals surface area contributed by atoms with Gasteiger partial charge in [-0.3, -0.25) is 4.79 Å². The third kappa shape index (κ3) is 5.14. The zero-order chi connectivity index (χ0) is 17.6. The lowest BCUT2D eigenvalue weighted by Gasteiger charge is -2.08. The van der Waals surface area contributed by atoms with Crippen molar-refractivity contribution in [3.05, 3.63) is 65.5 Å². The maximum Gasteiger partial charge on any atom is 0.240 e. The van der Waals surface area contributed by atoms with Gasteiger partial charge in [0, 0.05) is 25.1 Å². The number of nitrogens with one attached hydrogen (secondary N) is 2. The lowest BCUT2D eigenvalue weighted by Crippen LogP contribution is -2.30. The first-order valence-electron chi connectivity index (χ1n) is 7.45. The van der Waals surface area contributed by atoms with Gasteiger partial charge in [-0.2, -0.15) is 0 Å². The molecule has 0 radical (unpaired) electrons. The average Bonchev–Trinajstić information content (AvgIpc) is 2.54. The molecule has 7 heteroatoms. The van der Waals surface area contributed by atoms with Crippen molar-refractivity contribution in [2.24, 2.45) is 0 Å². The summed E-state index contributed by atoms with van der Waals surface area (Å²) in [5.41, 5.74) is 1.34. The van der Waals surface area contributed by atoms with Crippen molar-refractivity contribution >= 4 is 15.9 Å². The Hall–Kier alpha value is -2.25. The molecule has 0 unspecified atom stereocenters. The Labute approximate surface area is 141 Å². The molecule has 0 aliphatic heterocycles. The first kappa shape index (κ1) is 18.1. The van der Waals surface area contributed by atoms with E-state index in [9.17, 15) is 17.6 Å². The monoisotopic (exact) mass is 350 g/mol. The molecule has 0 spiro atoms. The zero-order valence-electron chi connectivity index (χ0n) is 13.3. The first-order chi connectivity index (χ1) is 11.4. The largest absolute Gasteiger partial charge is 0.352 e. The third-order valence-corrected chi connectivity index (χ3v) is 4.89. The molecule has 0 saturated carbocycles. The van der Waals surface area contributed by atoms with E-state index in [0.717, 1.165) is 5.56 Å². The number of halogens is 1. The lowest BCUT2D eigenvalue weighted by molar-refractivity contribution is -0.121. The number of amides is 1. The molecule has 128 valence electrons. The summed E-state index contributed by atoms with van der Waals surface area (Å²) < 4.78 is 39.9. The van der Waals surface area contributed by atoms with Gasteiger partial charge in [-0.25, -0.2) is 17.5 Å². The maximum absolute atomic E-state index is 13.4. The summed E-state index contributed by atoms with van der Waals surface area (Å²) in [6, 6.07) is 12.6. The highest BCUT2D eigenvalue weighted by molar-refractivity contribution is 7.89. The van der Waals surface area contributed by atoms with Crippen molar-refractivity contribution < 1.29 is 17.6 Å². The van der Waals surface area contributed by atoms with Crippen LogP contribution in [0.3, 0.4) is 0 Å². The van der Waals surface area contributed by atoms with Gasteiger partial charge >= 0.3 is 0 Å². The minimum absolute atomic E-state index is 0.0282. The fourth-order valence-electron chi connectivity index (χ4n) is 2.02. The molecule has 5 nitrogen and oxygen atoms in total. The molecule has 0 fully saturated rings. The van der Waals surface area contributed by atoms with E-state index in [-0.39, 0.29) is 30.3 Å². The number of carbonyl (C=O) groups excluding carboxylic acids is 1. The van der Waals surface area contributed by atoms with Crippen LogP contribution < -0.4 is 10.0 Å². The topological polar surface area (TPSA) is 75.3 Å². The van der Waals surface area contributed by atoms with E-state index >= 15 is 0 Å². The fourth-order valence-corrected chi connectivity index (χ4v) is 3.06. The van der Waals surface area contributed by atoms with Crippen molar-refractivity contribution in [2.45, 2.75) is 24.8 Å². The Morgan fingerprint density at radius 3 is 2.42 bits per heavy atom. The Kier molecular flexibility index (Phi) is 6.05. The van der Waals surface area contributed by atoms with E-state index in [1.807, 2.05) is 6.92 Å². The molecule has 2 rings (SSSR count). The minimum Gasteiger partial charge on any atom is -0.352 e. The highest BCUT2D eigenvalue weighted by atomic mass is 32.2. The number of sulfonamides is 1. The predicted octanol–water partition coefficient (Wildman–Crippen LogP) is 2.12. The van der Waals surface area contributed by atoms with Crippen LogP contribution in [0, 0.1) is 12.7 Å². The van der Waals surface area contributed by atoms with Crippen molar-refractivity contribution in [1.29, 1.82) is 0 Å². The molecular weight excluding hydrogens is 331 g/mol. The predicted molar refractivity (Wildman–Crippen MR) is 89.2 cm³/mol. The molecule has 0 aliphatic carbocycles. The van der Waals surface area contributed by atoms with E-state index in [1.54, 1.807) is 30.3 Å². The molecule has 0 saturated heterocycles. The maximum atomic E-state index is 13.4. The number of benzene rings is 2. The molecule has 0 bridgehead atoms. The van der Waals surface area contributed by atoms with E-state index in [0.29, 0.717) is 5.56 Å². The van der Waals surface area contributed by atoms with Crippen LogP contribution in [0.25, 0.3) is 0 Å². The summed E-state index contributed by atoms with van der Waals surface area (Å²) >= 11 is 0. The standard InChI is InChI=1S/C17H19FN2O3S/c1-13-6-8-15(9-7-13)24(22,23)20-11-10-17(21)19-12-14-4-2-3-5-16(14)18/h2-9,20H,10-12H2,1H3,(H,19,21). The molecule has 0 atom stereocenters. The van der Waals surface area contributed by atoms with Gasteiger partial charge in [-0.1, -0.05) is 35.9 Å². The Morgan fingerprint density at radius 1 is 1.08 bits per heavy atom. The number of rotatable bonds is 7. The van der Waals surface area contributed by atoms with Crippen molar-refractivity contribution in [2.75, 3.05) is 6.54 Å². The summed E-state index contributed by atoms with van der Waals surface area (Å²) in [5, 5.41) is 2.56. The van der Waals surface area contributed by atoms with Gasteiger partial charge in [-0.15, -0.1) is 0 Å². The zero-order valence-corrected chi connectivity index (χ0v) is 14.1. The highest BCUT2D eigenvalue weighted by Crippen LogP contribution is 2.09. The van der Waals surface area contributed by atoms with Gasteiger partial charge in [0.05, 0.1) is 4.90 Å². The van der Waals surface area contributed by atoms with Crippen LogP contribution in [0.5, 0.6) is 0 Å². The van der Waals surface area contributed by atoms with E-state index in [4.69, 9.17) is 0 Å². The van der Waals surface area contributed by atoms with Crippen molar-refractivity contribution in [1.82, 2.24) is 10.0 Å². The summed E-state index contributed by atoms with van der Waals surface area (Å²) in [7, 11) is -3.64. The number of aryl methyl sites for hydroxylation is 1. The minimum atomic E-state index is -3.64. The smallest absolute Gasteiger partial charge is 0.240 e. The van der Waals surface area contributed by atoms with Gasteiger partial charge in [0.15, 0.2) is 0 Å². The van der Waals surface area contributed by atoms with E-state index in [1.165, 1.54) is 18.2 Å². The quantitative estimate of drug-likeness (QED) is 0.803. The second kappa shape index (κ2) is 8.03. The van der Waals surface area contributed by atoms with Crippen LogP contribution in [0.15, 0.2) is 53.4 Å². The summed E-state index contributed by atoms with van der Waals surface area (Å²) in [6.45, 7) is 1.90. The second-order valence-corrected chi connectivity index (χ2v) is 7.10. The Bertz CT molecular complexity index is 805. The number of hydrogen-bond acceptors (Lipinski definition) is 3. The van der Waals surface area contributed by atoms with Gasteiger partial charge in [-0.05, 0) is 25.1 Å². The third-order valence-electron chi connectivity index (χ3n) is 3.41. The van der Waals surface area contributed by atoms with Crippen LogP contribution in [0.1, 0.15) is 17.5 Å². The average molecular weight is 350 g/mol. The molecule has 0 aliphatic rings. The molecule has 2 aromatic rings. The van der Waals surface area contributed by atoms with Crippen LogP contribution in [-0.2, 0) is 21.4 Å². The van der Waals surface area contributed by atoms with Gasteiger partial charge < -0.3 is 5.32 Å². The van der Waals surface area contributed by atoms with Crippen molar-refractivity contribution in [3.63, 3.8) is 0 Å². The van der Waals surface area contributed by atoms with Gasteiger partial charge in [0.1, 0.15) is 5.82 Å². The molecule has 0 heterocycles. The number of hydrogen-bond donors (Lipinski definition) is 2. The van der Waals surface area contributed by atoms with Crippen LogP contribution in [0.4, 0.5) is 4.39 Å². The van der Waals surface area contributed by atoms with Crippen LogP contribution >= 0.6 is 0 Å². The highest BCUT2D eigenvalue weighted by Gasteiger charge is 2.13. The van der Waals surface area contributed by atoms with Gasteiger partial charge in [0.2, 0.25) is 15.9 Å². The van der Waals surface area contributed by atoms with E-state index < -0.39 is 15.8 Å². The molecule has 2 aromatic carbocycles. The first-order valence-corrected chi connectivity index (χ1v) is 8.93. The molecular formula is C17H19FN2O3S. The Morgan fingerprint density at radius 2 is 1.75 bits per heavy atom. The molecule has 0 aromatic heterocycles. The number of carbonyl (C=O) groups is 1. The second-order valence-electron chi connectivity index (χ2n) is 5.33.